The Balaban J connectivity index is 2.44. The number of rotatable bonds is 1. The molecule has 2 N–H and O–H groups in total. The summed E-state index contributed by atoms with van der Waals surface area (Å²) >= 11 is 0. The predicted octanol–water partition coefficient (Wildman–Crippen LogP) is 0.386. The molecule has 1 aliphatic carbocycles. The lowest BCUT2D eigenvalue weighted by Crippen LogP contribution is -2.21. The summed E-state index contributed by atoms with van der Waals surface area (Å²) in [6.45, 7) is 2.22. The molecule has 9 heavy (non-hydrogen) atoms. The highest BCUT2D eigenvalue weighted by Crippen LogP contribution is 2.30. The molecule has 0 aromatic rings. The largest absolute Gasteiger partial charge is 0.396 e. The van der Waals surface area contributed by atoms with E-state index in [4.69, 9.17) is 5.11 Å². The number of aliphatic hydroxyl groups excluding tert-OH is 2. The highest BCUT2D eigenvalue weighted by atomic mass is 16.3. The van der Waals surface area contributed by atoms with Crippen LogP contribution in [0.25, 0.3) is 0 Å². The van der Waals surface area contributed by atoms with Crippen LogP contribution in [0, 0.1) is 11.8 Å². The molecule has 1 aliphatic rings. The molecule has 1 fully saturated rings. The lowest BCUT2D eigenvalue weighted by molar-refractivity contribution is 0.0755. The van der Waals surface area contributed by atoms with Crippen molar-refractivity contribution in [2.24, 2.45) is 11.8 Å². The second kappa shape index (κ2) is 2.67. The van der Waals surface area contributed by atoms with Gasteiger partial charge in [-0.15, -0.1) is 0 Å². The van der Waals surface area contributed by atoms with Gasteiger partial charge in [0.05, 0.1) is 6.10 Å². The van der Waals surface area contributed by atoms with Crippen molar-refractivity contribution in [1.82, 2.24) is 0 Å². The molecule has 0 amide bonds. The Hall–Kier alpha value is -0.0800. The van der Waals surface area contributed by atoms with E-state index in [9.17, 15) is 5.11 Å². The molecule has 54 valence electrons. The summed E-state index contributed by atoms with van der Waals surface area (Å²) in [6, 6.07) is 0. The van der Waals surface area contributed by atoms with Gasteiger partial charge in [0.25, 0.3) is 0 Å². The summed E-state index contributed by atoms with van der Waals surface area (Å²) in [7, 11) is 0. The van der Waals surface area contributed by atoms with Crippen LogP contribution >= 0.6 is 0 Å². The van der Waals surface area contributed by atoms with E-state index in [1.54, 1.807) is 0 Å². The summed E-state index contributed by atoms with van der Waals surface area (Å²) in [4.78, 5) is 0. The molecular weight excluding hydrogens is 116 g/mol. The molecule has 0 heterocycles. The van der Waals surface area contributed by atoms with Gasteiger partial charge in [-0.2, -0.15) is 0 Å². The van der Waals surface area contributed by atoms with E-state index in [1.807, 2.05) is 0 Å². The maximum absolute atomic E-state index is 9.20. The van der Waals surface area contributed by atoms with Crippen LogP contribution in [0.15, 0.2) is 0 Å². The Morgan fingerprint density at radius 1 is 1.44 bits per heavy atom. The SMILES string of the molecule is CC1CCC(O)C1CO. The van der Waals surface area contributed by atoms with Crippen LogP contribution in [0.4, 0.5) is 0 Å². The van der Waals surface area contributed by atoms with Crippen LogP contribution < -0.4 is 0 Å². The van der Waals surface area contributed by atoms with Crippen molar-refractivity contribution >= 4 is 0 Å². The molecule has 2 nitrogen and oxygen atoms in total. The second-order valence-corrected chi connectivity index (χ2v) is 2.97. The van der Waals surface area contributed by atoms with Crippen molar-refractivity contribution < 1.29 is 10.2 Å². The van der Waals surface area contributed by atoms with Crippen LogP contribution in [-0.2, 0) is 0 Å². The smallest absolute Gasteiger partial charge is 0.0593 e. The zero-order chi connectivity index (χ0) is 6.85. The van der Waals surface area contributed by atoms with Crippen LogP contribution in [0.5, 0.6) is 0 Å². The van der Waals surface area contributed by atoms with Crippen LogP contribution in [-0.4, -0.2) is 22.9 Å². The molecule has 1 saturated carbocycles. The van der Waals surface area contributed by atoms with Gasteiger partial charge in [-0.25, -0.2) is 0 Å². The van der Waals surface area contributed by atoms with Crippen LogP contribution in [0.1, 0.15) is 19.8 Å². The molecule has 0 aromatic carbocycles. The third-order valence-electron chi connectivity index (χ3n) is 2.35. The standard InChI is InChI=1S/C7H14O2/c1-5-2-3-7(9)6(5)4-8/h5-9H,2-4H2,1H3. The first kappa shape index (κ1) is 7.03. The number of hydrogen-bond acceptors (Lipinski definition) is 2. The van der Waals surface area contributed by atoms with Gasteiger partial charge >= 0.3 is 0 Å². The van der Waals surface area contributed by atoms with Crippen LogP contribution in [0.2, 0.25) is 0 Å². The highest BCUT2D eigenvalue weighted by molar-refractivity contribution is 4.81. The topological polar surface area (TPSA) is 40.5 Å². The van der Waals surface area contributed by atoms with E-state index in [2.05, 4.69) is 6.92 Å². The maximum Gasteiger partial charge on any atom is 0.0593 e. The van der Waals surface area contributed by atoms with E-state index in [0.29, 0.717) is 5.92 Å². The number of hydrogen-bond donors (Lipinski definition) is 2. The lowest BCUT2D eigenvalue weighted by Gasteiger charge is -2.14. The highest BCUT2D eigenvalue weighted by Gasteiger charge is 2.30. The fourth-order valence-electron chi connectivity index (χ4n) is 1.54. The summed E-state index contributed by atoms with van der Waals surface area (Å²) in [6.07, 6.45) is 1.68. The Kier molecular flexibility index (Phi) is 2.09. The lowest BCUT2D eigenvalue weighted by atomic mass is 9.98. The van der Waals surface area contributed by atoms with Gasteiger partial charge < -0.3 is 10.2 Å². The van der Waals surface area contributed by atoms with Crippen molar-refractivity contribution in [3.8, 4) is 0 Å². The van der Waals surface area contributed by atoms with Crippen molar-refractivity contribution in [2.75, 3.05) is 6.61 Å². The predicted molar refractivity (Wildman–Crippen MR) is 35.0 cm³/mol. The normalized spacial score (nSPS) is 43.7. The van der Waals surface area contributed by atoms with Crippen molar-refractivity contribution in [2.45, 2.75) is 25.9 Å². The average Bonchev–Trinajstić information content (AvgIpc) is 2.12. The van der Waals surface area contributed by atoms with E-state index < -0.39 is 0 Å². The fourth-order valence-corrected chi connectivity index (χ4v) is 1.54. The Labute approximate surface area is 55.5 Å². The van der Waals surface area contributed by atoms with E-state index in [1.165, 1.54) is 0 Å². The minimum atomic E-state index is -0.245. The fraction of sp³-hybridized carbons (Fsp3) is 1.00. The molecule has 3 atom stereocenters. The molecule has 0 bridgehead atoms. The molecule has 2 heteroatoms. The van der Waals surface area contributed by atoms with E-state index in [0.717, 1.165) is 12.8 Å². The first-order valence-electron chi connectivity index (χ1n) is 3.54. The zero-order valence-corrected chi connectivity index (χ0v) is 5.75. The second-order valence-electron chi connectivity index (χ2n) is 2.97. The van der Waals surface area contributed by atoms with Crippen LogP contribution in [0.3, 0.4) is 0 Å². The Morgan fingerprint density at radius 3 is 2.33 bits per heavy atom. The average molecular weight is 130 g/mol. The van der Waals surface area contributed by atoms with Gasteiger partial charge in [0.1, 0.15) is 0 Å². The molecule has 0 spiro atoms. The van der Waals surface area contributed by atoms with Gasteiger partial charge in [0.2, 0.25) is 0 Å². The quantitative estimate of drug-likeness (QED) is 0.539. The molecule has 1 rings (SSSR count). The first-order chi connectivity index (χ1) is 4.25. The summed E-state index contributed by atoms with van der Waals surface area (Å²) in [5, 5.41) is 17.9. The van der Waals surface area contributed by atoms with Gasteiger partial charge in [-0.1, -0.05) is 6.92 Å². The van der Waals surface area contributed by atoms with Crippen molar-refractivity contribution in [3.63, 3.8) is 0 Å². The molecule has 0 saturated heterocycles. The van der Waals surface area contributed by atoms with Crippen molar-refractivity contribution in [3.05, 3.63) is 0 Å². The summed E-state index contributed by atoms with van der Waals surface area (Å²) < 4.78 is 0. The molecule has 0 radical (unpaired) electrons. The Morgan fingerprint density at radius 2 is 2.11 bits per heavy atom. The van der Waals surface area contributed by atoms with Gasteiger partial charge in [-0.05, 0) is 18.8 Å². The van der Waals surface area contributed by atoms with E-state index in [-0.39, 0.29) is 18.6 Å². The zero-order valence-electron chi connectivity index (χ0n) is 5.75. The van der Waals surface area contributed by atoms with Gasteiger partial charge in [0, 0.05) is 12.5 Å². The molecule has 0 aromatic heterocycles. The van der Waals surface area contributed by atoms with Gasteiger partial charge in [0.15, 0.2) is 0 Å². The minimum absolute atomic E-state index is 0.141. The maximum atomic E-state index is 9.20. The third-order valence-corrected chi connectivity index (χ3v) is 2.35. The molecule has 3 unspecified atom stereocenters. The summed E-state index contributed by atoms with van der Waals surface area (Å²) in [5.74, 6) is 0.648. The third kappa shape index (κ3) is 1.25. The summed E-state index contributed by atoms with van der Waals surface area (Å²) in [5.41, 5.74) is 0. The minimum Gasteiger partial charge on any atom is -0.396 e. The van der Waals surface area contributed by atoms with Gasteiger partial charge in [-0.3, -0.25) is 0 Å². The molecule has 0 aliphatic heterocycles. The van der Waals surface area contributed by atoms with Crippen molar-refractivity contribution in [1.29, 1.82) is 0 Å². The van der Waals surface area contributed by atoms with E-state index >= 15 is 0 Å². The Bertz CT molecular complexity index is 82.9. The first-order valence-corrected chi connectivity index (χ1v) is 3.54. The number of aliphatic hydroxyl groups is 2. The monoisotopic (exact) mass is 130 g/mol. The molecular formula is C7H14O2.